The van der Waals surface area contributed by atoms with Crippen LogP contribution in [0.2, 0.25) is 0 Å². The number of hydrogen-bond acceptors (Lipinski definition) is 5. The Morgan fingerprint density at radius 2 is 1.16 bits per heavy atom. The summed E-state index contributed by atoms with van der Waals surface area (Å²) in [6, 6.07) is 8.78. The zero-order valence-corrected chi connectivity index (χ0v) is 24.8. The number of benzene rings is 2. The summed E-state index contributed by atoms with van der Waals surface area (Å²) in [4.78, 5) is 21.9. The van der Waals surface area contributed by atoms with Crippen LogP contribution in [0.4, 0.5) is 0 Å². The quantitative estimate of drug-likeness (QED) is 0.211. The predicted molar refractivity (Wildman–Crippen MR) is 145 cm³/mol. The molecule has 7 heteroatoms. The molecule has 0 bridgehead atoms. The Labute approximate surface area is 252 Å². The Morgan fingerprint density at radius 1 is 0.703 bits per heavy atom. The van der Waals surface area contributed by atoms with Gasteiger partial charge in [0, 0.05) is 0 Å². The smallest absolute Gasteiger partial charge is 0.872 e. The van der Waals surface area contributed by atoms with E-state index in [0.717, 1.165) is 43.7 Å². The summed E-state index contributed by atoms with van der Waals surface area (Å²) >= 11 is 0. The number of carboxylic acids is 2. The average molecular weight is 539 g/mol. The van der Waals surface area contributed by atoms with Gasteiger partial charge in [-0.05, 0) is 54.5 Å². The summed E-state index contributed by atoms with van der Waals surface area (Å²) < 4.78 is 0. The Morgan fingerprint density at radius 3 is 1.65 bits per heavy atom. The number of carbonyl (C=O) groups is 2. The molecule has 0 heterocycles. The third kappa shape index (κ3) is 15.3. The summed E-state index contributed by atoms with van der Waals surface area (Å²) in [6.45, 7) is 4.37. The SMILES string of the molecule is CCCCCCCCc1ccc(O)cc1C(=O)O.CCCCCCCCc1ccc([O-])cc1C(=O)[O-].[Ca+2]. The molecule has 0 amide bonds. The van der Waals surface area contributed by atoms with Gasteiger partial charge in [-0.3, -0.25) is 0 Å². The fourth-order valence-electron chi connectivity index (χ4n) is 4.14. The number of unbranched alkanes of at least 4 members (excludes halogenated alkanes) is 10. The van der Waals surface area contributed by atoms with E-state index in [-0.39, 0.29) is 60.4 Å². The Kier molecular flexibility index (Phi) is 20.2. The predicted octanol–water partition coefficient (Wildman–Crippen LogP) is 5.64. The van der Waals surface area contributed by atoms with Crippen LogP contribution in [-0.2, 0) is 12.8 Å². The first-order valence-electron chi connectivity index (χ1n) is 13.4. The maximum atomic E-state index is 11.1. The van der Waals surface area contributed by atoms with E-state index in [1.165, 1.54) is 63.5 Å². The zero-order chi connectivity index (χ0) is 26.8. The van der Waals surface area contributed by atoms with Crippen molar-refractivity contribution in [2.45, 2.75) is 104 Å². The molecule has 6 nitrogen and oxygen atoms in total. The van der Waals surface area contributed by atoms with Gasteiger partial charge in [-0.25, -0.2) is 4.79 Å². The topological polar surface area (TPSA) is 121 Å². The zero-order valence-electron chi connectivity index (χ0n) is 22.6. The van der Waals surface area contributed by atoms with Crippen LogP contribution in [0.15, 0.2) is 36.4 Å². The van der Waals surface area contributed by atoms with Crippen molar-refractivity contribution in [1.82, 2.24) is 0 Å². The van der Waals surface area contributed by atoms with Crippen molar-refractivity contribution in [3.8, 4) is 11.5 Å². The summed E-state index contributed by atoms with van der Waals surface area (Å²) in [5, 5.41) is 40.3. The second-order valence-corrected chi connectivity index (χ2v) is 9.29. The molecule has 0 fully saturated rings. The molecular formula is C30H42CaO6. The summed E-state index contributed by atoms with van der Waals surface area (Å²) in [5.74, 6) is -2.49. The third-order valence-corrected chi connectivity index (χ3v) is 6.22. The molecule has 200 valence electrons. The van der Waals surface area contributed by atoms with E-state index >= 15 is 0 Å². The van der Waals surface area contributed by atoms with Crippen molar-refractivity contribution in [2.75, 3.05) is 0 Å². The molecule has 0 aliphatic carbocycles. The third-order valence-electron chi connectivity index (χ3n) is 6.22. The molecule has 0 radical (unpaired) electrons. The van der Waals surface area contributed by atoms with Crippen LogP contribution < -0.4 is 10.2 Å². The number of carbonyl (C=O) groups excluding carboxylic acids is 1. The molecule has 0 aromatic heterocycles. The van der Waals surface area contributed by atoms with Crippen LogP contribution in [0.5, 0.6) is 11.5 Å². The van der Waals surface area contributed by atoms with Gasteiger partial charge in [0.05, 0.1) is 11.5 Å². The number of phenols is 1. The van der Waals surface area contributed by atoms with Gasteiger partial charge in [0.1, 0.15) is 5.75 Å². The van der Waals surface area contributed by atoms with Gasteiger partial charge in [0.15, 0.2) is 0 Å². The van der Waals surface area contributed by atoms with Crippen LogP contribution in [0.25, 0.3) is 0 Å². The molecular weight excluding hydrogens is 496 g/mol. The summed E-state index contributed by atoms with van der Waals surface area (Å²) in [7, 11) is 0. The molecule has 2 aromatic rings. The van der Waals surface area contributed by atoms with Gasteiger partial charge in [0.25, 0.3) is 0 Å². The molecule has 0 aliphatic heterocycles. The Bertz CT molecular complexity index is 853. The maximum Gasteiger partial charge on any atom is 2.00 e. The molecule has 0 saturated carbocycles. The fourth-order valence-corrected chi connectivity index (χ4v) is 4.14. The molecule has 0 atom stereocenters. The van der Waals surface area contributed by atoms with Crippen LogP contribution in [0.3, 0.4) is 0 Å². The number of aromatic carboxylic acids is 2. The van der Waals surface area contributed by atoms with Crippen molar-refractivity contribution in [2.24, 2.45) is 0 Å². The second kappa shape index (κ2) is 21.2. The molecule has 2 aromatic carbocycles. The van der Waals surface area contributed by atoms with Crippen molar-refractivity contribution in [3.05, 3.63) is 58.7 Å². The number of phenolic OH excluding ortho intramolecular Hbond substituents is 1. The number of aromatic hydroxyl groups is 1. The largest absolute Gasteiger partial charge is 2.00 e. The Balaban J connectivity index is 0.000000682. The first kappa shape index (κ1) is 35.2. The summed E-state index contributed by atoms with van der Waals surface area (Å²) in [5.41, 5.74) is 1.81. The van der Waals surface area contributed by atoms with Crippen LogP contribution in [0.1, 0.15) is 123 Å². The van der Waals surface area contributed by atoms with Crippen LogP contribution in [-0.4, -0.2) is 59.9 Å². The van der Waals surface area contributed by atoms with E-state index in [2.05, 4.69) is 13.8 Å². The van der Waals surface area contributed by atoms with Gasteiger partial charge in [-0.1, -0.05) is 102 Å². The molecule has 37 heavy (non-hydrogen) atoms. The van der Waals surface area contributed by atoms with E-state index in [0.29, 0.717) is 12.0 Å². The van der Waals surface area contributed by atoms with Crippen molar-refractivity contribution in [1.29, 1.82) is 0 Å². The standard InChI is InChI=1S/2C15H22O3.Ca/c2*1-2-3-4-5-6-7-8-12-9-10-13(16)11-14(12)15(17)18;/h2*9-11,16H,2-8H2,1H3,(H,17,18);/q;;+2/p-2. The van der Waals surface area contributed by atoms with E-state index in [4.69, 9.17) is 5.11 Å². The van der Waals surface area contributed by atoms with Gasteiger partial charge in [-0.2, -0.15) is 0 Å². The van der Waals surface area contributed by atoms with Gasteiger partial charge >= 0.3 is 43.7 Å². The van der Waals surface area contributed by atoms with Gasteiger partial charge in [-0.15, -0.1) is 5.75 Å². The van der Waals surface area contributed by atoms with Crippen molar-refractivity contribution < 1.29 is 30.0 Å². The first-order valence-corrected chi connectivity index (χ1v) is 13.4. The molecule has 0 aliphatic rings. The molecule has 0 unspecified atom stereocenters. The van der Waals surface area contributed by atoms with Crippen LogP contribution in [0, 0.1) is 0 Å². The minimum Gasteiger partial charge on any atom is -0.872 e. The minimum absolute atomic E-state index is 0. The number of carboxylic acid groups (broad SMARTS) is 2. The Hall–Kier alpha value is -1.76. The van der Waals surface area contributed by atoms with Crippen molar-refractivity contribution in [3.63, 3.8) is 0 Å². The second-order valence-electron chi connectivity index (χ2n) is 9.29. The van der Waals surface area contributed by atoms with Gasteiger partial charge in [0.2, 0.25) is 0 Å². The monoisotopic (exact) mass is 538 g/mol. The minimum atomic E-state index is -1.26. The molecule has 0 spiro atoms. The summed E-state index contributed by atoms with van der Waals surface area (Å²) in [6.07, 6.45) is 15.6. The van der Waals surface area contributed by atoms with Gasteiger partial charge < -0.3 is 25.2 Å². The van der Waals surface area contributed by atoms with Crippen LogP contribution >= 0.6 is 0 Å². The first-order chi connectivity index (χ1) is 17.3. The molecule has 0 saturated heterocycles. The van der Waals surface area contributed by atoms with Crippen molar-refractivity contribution >= 4 is 49.7 Å². The average Bonchev–Trinajstić information content (AvgIpc) is 2.85. The number of hydrogen-bond donors (Lipinski definition) is 2. The number of rotatable bonds is 16. The van der Waals surface area contributed by atoms with E-state index in [1.807, 2.05) is 0 Å². The van der Waals surface area contributed by atoms with E-state index in [1.54, 1.807) is 18.2 Å². The molecule has 2 rings (SSSR count). The van der Waals surface area contributed by atoms with E-state index < -0.39 is 11.9 Å². The van der Waals surface area contributed by atoms with E-state index in [9.17, 15) is 24.9 Å². The normalized spacial score (nSPS) is 10.2. The number of aryl methyl sites for hydroxylation is 2. The maximum absolute atomic E-state index is 11.1. The molecule has 2 N–H and O–H groups in total. The fraction of sp³-hybridized carbons (Fsp3) is 0.533.